The molecule has 3 heterocycles. The molecular formula is C26H36N4O3S2. The maximum atomic E-state index is 12.7. The fourth-order valence-electron chi connectivity index (χ4n) is 4.00. The van der Waals surface area contributed by atoms with Gasteiger partial charge in [-0.05, 0) is 72.2 Å². The average molecular weight is 517 g/mol. The second-order valence-electron chi connectivity index (χ2n) is 11.0. The van der Waals surface area contributed by atoms with Crippen molar-refractivity contribution in [3.05, 3.63) is 34.7 Å². The summed E-state index contributed by atoms with van der Waals surface area (Å²) in [5.74, 6) is 0. The molecule has 9 heteroatoms. The molecule has 0 saturated heterocycles. The van der Waals surface area contributed by atoms with Crippen molar-refractivity contribution < 1.29 is 14.6 Å². The van der Waals surface area contributed by atoms with Gasteiger partial charge in [0.15, 0.2) is 0 Å². The number of hydrogen-bond acceptors (Lipinski definition) is 8. The Morgan fingerprint density at radius 3 is 2.63 bits per heavy atom. The number of carbonyl (C=O) groups is 1. The van der Waals surface area contributed by atoms with E-state index in [1.807, 2.05) is 39.0 Å². The van der Waals surface area contributed by atoms with Gasteiger partial charge in [0.25, 0.3) is 0 Å². The molecule has 0 saturated carbocycles. The Hall–Kier alpha value is -2.20. The number of anilines is 1. The Morgan fingerprint density at radius 2 is 1.94 bits per heavy atom. The number of ether oxygens (including phenoxy) is 1. The van der Waals surface area contributed by atoms with Crippen LogP contribution in [0.4, 0.5) is 9.80 Å². The van der Waals surface area contributed by atoms with Crippen LogP contribution in [0.2, 0.25) is 0 Å². The molecule has 0 aliphatic carbocycles. The maximum absolute atomic E-state index is 12.7. The van der Waals surface area contributed by atoms with Gasteiger partial charge in [0.2, 0.25) is 0 Å². The standard InChI is InChI=1S/C26H36N4O3S2/c1-25(2,3)27-13-11-20(31)29-23-21(22-28-17-9-7-8-10-18(17)34-22)16-12-14-30(15-19(16)35-23)24(32)33-26(4,5)6/h7-10,20,27,29,31H,11-15H2,1-6H3. The van der Waals surface area contributed by atoms with Crippen molar-refractivity contribution >= 4 is 44.0 Å². The molecule has 3 aromatic rings. The van der Waals surface area contributed by atoms with Gasteiger partial charge in [-0.2, -0.15) is 0 Å². The largest absolute Gasteiger partial charge is 0.444 e. The molecule has 3 N–H and O–H groups in total. The van der Waals surface area contributed by atoms with Gasteiger partial charge in [-0.1, -0.05) is 12.1 Å². The van der Waals surface area contributed by atoms with Gasteiger partial charge in [-0.3, -0.25) is 0 Å². The fraction of sp³-hybridized carbons (Fsp3) is 0.538. The van der Waals surface area contributed by atoms with Gasteiger partial charge in [-0.25, -0.2) is 9.78 Å². The Balaban J connectivity index is 1.62. The monoisotopic (exact) mass is 516 g/mol. The Bertz CT molecular complexity index is 1160. The summed E-state index contributed by atoms with van der Waals surface area (Å²) in [5, 5.41) is 19.4. The van der Waals surface area contributed by atoms with Crippen molar-refractivity contribution in [3.63, 3.8) is 0 Å². The Labute approximate surface area is 215 Å². The SMILES string of the molecule is CC(C)(C)NCCC(O)Nc1sc2c(c1-c1nc3ccccc3s1)CCN(C(=O)OC(C)(C)C)C2. The number of benzene rings is 1. The van der Waals surface area contributed by atoms with Gasteiger partial charge >= 0.3 is 6.09 Å². The van der Waals surface area contributed by atoms with Crippen LogP contribution in [-0.4, -0.2) is 51.5 Å². The van der Waals surface area contributed by atoms with Crippen molar-refractivity contribution in [2.24, 2.45) is 0 Å². The first kappa shape index (κ1) is 25.9. The van der Waals surface area contributed by atoms with E-state index < -0.39 is 11.8 Å². The first-order valence-electron chi connectivity index (χ1n) is 12.1. The van der Waals surface area contributed by atoms with E-state index in [-0.39, 0.29) is 11.6 Å². The van der Waals surface area contributed by atoms with E-state index in [1.54, 1.807) is 27.6 Å². The zero-order valence-corrected chi connectivity index (χ0v) is 23.0. The molecule has 1 amide bonds. The number of hydrogen-bond donors (Lipinski definition) is 3. The number of nitrogens with zero attached hydrogens (tertiary/aromatic N) is 2. The predicted molar refractivity (Wildman–Crippen MR) is 145 cm³/mol. The van der Waals surface area contributed by atoms with E-state index in [4.69, 9.17) is 9.72 Å². The van der Waals surface area contributed by atoms with Crippen LogP contribution in [0.1, 0.15) is 58.4 Å². The maximum Gasteiger partial charge on any atom is 0.410 e. The first-order chi connectivity index (χ1) is 16.4. The highest BCUT2D eigenvalue weighted by molar-refractivity contribution is 7.22. The van der Waals surface area contributed by atoms with Gasteiger partial charge in [0, 0.05) is 28.9 Å². The van der Waals surface area contributed by atoms with Gasteiger partial charge in [-0.15, -0.1) is 22.7 Å². The van der Waals surface area contributed by atoms with Crippen LogP contribution in [0.3, 0.4) is 0 Å². The van der Waals surface area contributed by atoms with Crippen molar-refractivity contribution in [2.75, 3.05) is 18.4 Å². The number of aliphatic hydroxyl groups is 1. The van der Waals surface area contributed by atoms with Crippen molar-refractivity contribution in [1.82, 2.24) is 15.2 Å². The summed E-state index contributed by atoms with van der Waals surface area (Å²) in [6.45, 7) is 13.8. The van der Waals surface area contributed by atoms with Crippen LogP contribution in [0.5, 0.6) is 0 Å². The summed E-state index contributed by atoms with van der Waals surface area (Å²) >= 11 is 3.26. The molecule has 35 heavy (non-hydrogen) atoms. The number of nitrogens with one attached hydrogen (secondary N) is 2. The predicted octanol–water partition coefficient (Wildman–Crippen LogP) is 5.83. The highest BCUT2D eigenvalue weighted by Gasteiger charge is 2.31. The third-order valence-electron chi connectivity index (χ3n) is 5.59. The van der Waals surface area contributed by atoms with E-state index in [0.29, 0.717) is 26.1 Å². The van der Waals surface area contributed by atoms with E-state index in [9.17, 15) is 9.90 Å². The van der Waals surface area contributed by atoms with Crippen LogP contribution in [-0.2, 0) is 17.7 Å². The number of thiazole rings is 1. The summed E-state index contributed by atoms with van der Waals surface area (Å²) in [6.07, 6.45) is 0.309. The molecule has 1 atom stereocenters. The number of thiophene rings is 1. The molecule has 1 aliphatic heterocycles. The quantitative estimate of drug-likeness (QED) is 0.358. The smallest absolute Gasteiger partial charge is 0.410 e. The minimum atomic E-state index is -0.694. The average Bonchev–Trinajstić information content (AvgIpc) is 3.31. The number of rotatable bonds is 6. The molecule has 1 unspecified atom stereocenters. The molecule has 2 aromatic heterocycles. The minimum Gasteiger partial charge on any atom is -0.444 e. The van der Waals surface area contributed by atoms with Crippen LogP contribution < -0.4 is 10.6 Å². The van der Waals surface area contributed by atoms with Crippen molar-refractivity contribution in [3.8, 4) is 10.6 Å². The molecule has 7 nitrogen and oxygen atoms in total. The number of carbonyl (C=O) groups excluding carboxylic acids is 1. The molecule has 190 valence electrons. The molecule has 0 fully saturated rings. The van der Waals surface area contributed by atoms with Crippen LogP contribution in [0.15, 0.2) is 24.3 Å². The molecule has 0 spiro atoms. The lowest BCUT2D eigenvalue weighted by atomic mass is 10.0. The van der Waals surface area contributed by atoms with Crippen LogP contribution in [0, 0.1) is 0 Å². The zero-order valence-electron chi connectivity index (χ0n) is 21.4. The van der Waals surface area contributed by atoms with Crippen molar-refractivity contribution in [1.29, 1.82) is 0 Å². The minimum absolute atomic E-state index is 0.000971. The molecule has 0 bridgehead atoms. The van der Waals surface area contributed by atoms with Crippen molar-refractivity contribution in [2.45, 2.75) is 78.3 Å². The molecule has 1 aromatic carbocycles. The summed E-state index contributed by atoms with van der Waals surface area (Å²) < 4.78 is 6.74. The number of amides is 1. The fourth-order valence-corrected chi connectivity index (χ4v) is 6.42. The van der Waals surface area contributed by atoms with E-state index in [1.165, 1.54) is 5.56 Å². The lowest BCUT2D eigenvalue weighted by Gasteiger charge is -2.30. The lowest BCUT2D eigenvalue weighted by Crippen LogP contribution is -2.39. The summed E-state index contributed by atoms with van der Waals surface area (Å²) in [4.78, 5) is 20.5. The first-order valence-corrected chi connectivity index (χ1v) is 13.7. The van der Waals surface area contributed by atoms with Crippen LogP contribution in [0.25, 0.3) is 20.8 Å². The third kappa shape index (κ3) is 6.52. The highest BCUT2D eigenvalue weighted by atomic mass is 32.1. The second-order valence-corrected chi connectivity index (χ2v) is 13.1. The normalized spacial score (nSPS) is 15.2. The Morgan fingerprint density at radius 1 is 1.20 bits per heavy atom. The van der Waals surface area contributed by atoms with Gasteiger partial charge < -0.3 is 25.4 Å². The number of para-hydroxylation sites is 1. The van der Waals surface area contributed by atoms with Crippen LogP contribution >= 0.6 is 22.7 Å². The lowest BCUT2D eigenvalue weighted by molar-refractivity contribution is 0.0227. The summed E-state index contributed by atoms with van der Waals surface area (Å²) in [5.41, 5.74) is 2.70. The summed E-state index contributed by atoms with van der Waals surface area (Å²) in [6, 6.07) is 8.13. The third-order valence-corrected chi connectivity index (χ3v) is 7.79. The second kappa shape index (κ2) is 10.0. The molecule has 1 aliphatic rings. The van der Waals surface area contributed by atoms with E-state index >= 15 is 0 Å². The molecule has 0 radical (unpaired) electrons. The number of aromatic nitrogens is 1. The molecular weight excluding hydrogens is 480 g/mol. The Kier molecular flexibility index (Phi) is 7.43. The molecule has 4 rings (SSSR count). The zero-order chi connectivity index (χ0) is 25.4. The number of aliphatic hydroxyl groups excluding tert-OH is 1. The van der Waals surface area contributed by atoms with E-state index in [2.05, 4.69) is 37.5 Å². The van der Waals surface area contributed by atoms with E-state index in [0.717, 1.165) is 37.1 Å². The van der Waals surface area contributed by atoms with Gasteiger partial charge in [0.05, 0.1) is 16.8 Å². The van der Waals surface area contributed by atoms with Gasteiger partial charge in [0.1, 0.15) is 21.8 Å². The number of fused-ring (bicyclic) bond motifs is 2. The summed E-state index contributed by atoms with van der Waals surface area (Å²) in [7, 11) is 0. The highest BCUT2D eigenvalue weighted by Crippen LogP contribution is 2.46. The topological polar surface area (TPSA) is 86.7 Å².